The lowest BCUT2D eigenvalue weighted by Gasteiger charge is -2.06. The van der Waals surface area contributed by atoms with E-state index in [9.17, 15) is 14.0 Å². The fourth-order valence-electron chi connectivity index (χ4n) is 0.933. The quantitative estimate of drug-likeness (QED) is 0.660. The minimum atomic E-state index is -0.941. The molecule has 1 N–H and O–H groups in total. The van der Waals surface area contributed by atoms with Gasteiger partial charge in [-0.15, -0.1) is 0 Å². The summed E-state index contributed by atoms with van der Waals surface area (Å²) in [7, 11) is 0. The summed E-state index contributed by atoms with van der Waals surface area (Å²) in [5.41, 5.74) is -1.47. The van der Waals surface area contributed by atoms with Crippen LogP contribution in [0.1, 0.15) is 19.9 Å². The van der Waals surface area contributed by atoms with E-state index >= 15 is 0 Å². The van der Waals surface area contributed by atoms with Crippen LogP contribution in [0.2, 0.25) is 0 Å². The molecule has 0 unspecified atom stereocenters. The van der Waals surface area contributed by atoms with Gasteiger partial charge in [-0.2, -0.15) is 4.39 Å². The minimum Gasteiger partial charge on any atom is -0.311 e. The van der Waals surface area contributed by atoms with Gasteiger partial charge in [0.1, 0.15) is 0 Å². The van der Waals surface area contributed by atoms with Gasteiger partial charge in [-0.05, 0) is 13.8 Å². The maximum atomic E-state index is 12.6. The Kier molecular flexibility index (Phi) is 2.12. The van der Waals surface area contributed by atoms with E-state index < -0.39 is 17.1 Å². The van der Waals surface area contributed by atoms with E-state index in [0.29, 0.717) is 0 Å². The standard InChI is InChI=1S/C7H9FN2O2/c1-4(2)10-6(11)5(8)3-9-7(10)12/h3-4H,1-2H3,(H,9,12). The third kappa shape index (κ3) is 1.30. The van der Waals surface area contributed by atoms with Crippen molar-refractivity contribution < 1.29 is 4.39 Å². The molecule has 0 radical (unpaired) electrons. The molecule has 0 spiro atoms. The largest absolute Gasteiger partial charge is 0.328 e. The molecule has 4 nitrogen and oxygen atoms in total. The molecule has 0 amide bonds. The average molecular weight is 172 g/mol. The number of nitrogens with one attached hydrogen (secondary N) is 1. The summed E-state index contributed by atoms with van der Waals surface area (Å²) in [6.45, 7) is 3.27. The molecule has 12 heavy (non-hydrogen) atoms. The summed E-state index contributed by atoms with van der Waals surface area (Å²) >= 11 is 0. The van der Waals surface area contributed by atoms with E-state index in [0.717, 1.165) is 10.8 Å². The highest BCUT2D eigenvalue weighted by Gasteiger charge is 2.08. The fourth-order valence-corrected chi connectivity index (χ4v) is 0.933. The predicted octanol–water partition coefficient (Wildman–Crippen LogP) is 0.257. The number of rotatable bonds is 1. The minimum absolute atomic E-state index is 0.336. The average Bonchev–Trinajstić information content (AvgIpc) is 1.97. The van der Waals surface area contributed by atoms with Gasteiger partial charge in [0.05, 0.1) is 0 Å². The van der Waals surface area contributed by atoms with E-state index in [2.05, 4.69) is 4.98 Å². The van der Waals surface area contributed by atoms with Gasteiger partial charge in [-0.1, -0.05) is 0 Å². The SMILES string of the molecule is CC(C)n1c(=O)[nH]cc(F)c1=O. The predicted molar refractivity (Wildman–Crippen MR) is 41.7 cm³/mol. The highest BCUT2D eigenvalue weighted by molar-refractivity contribution is 4.88. The van der Waals surface area contributed by atoms with Crippen LogP contribution in [0.5, 0.6) is 0 Å². The highest BCUT2D eigenvalue weighted by atomic mass is 19.1. The van der Waals surface area contributed by atoms with Gasteiger partial charge >= 0.3 is 5.69 Å². The van der Waals surface area contributed by atoms with E-state index in [4.69, 9.17) is 0 Å². The van der Waals surface area contributed by atoms with Crippen LogP contribution in [0.4, 0.5) is 4.39 Å². The number of hydrogen-bond donors (Lipinski definition) is 1. The van der Waals surface area contributed by atoms with Crippen molar-refractivity contribution in [2.75, 3.05) is 0 Å². The van der Waals surface area contributed by atoms with Crippen molar-refractivity contribution >= 4 is 0 Å². The molecule has 0 aliphatic heterocycles. The first-order chi connectivity index (χ1) is 5.54. The van der Waals surface area contributed by atoms with Crippen molar-refractivity contribution in [3.05, 3.63) is 32.9 Å². The molecule has 0 saturated heterocycles. The summed E-state index contributed by atoms with van der Waals surface area (Å²) in [6, 6.07) is -0.336. The lowest BCUT2D eigenvalue weighted by atomic mass is 10.4. The van der Waals surface area contributed by atoms with E-state index in [1.54, 1.807) is 13.8 Å². The van der Waals surface area contributed by atoms with Crippen LogP contribution in [-0.2, 0) is 0 Å². The van der Waals surface area contributed by atoms with Crippen LogP contribution >= 0.6 is 0 Å². The highest BCUT2D eigenvalue weighted by Crippen LogP contribution is 1.93. The van der Waals surface area contributed by atoms with Crippen LogP contribution in [0.15, 0.2) is 15.8 Å². The topological polar surface area (TPSA) is 54.9 Å². The maximum absolute atomic E-state index is 12.6. The van der Waals surface area contributed by atoms with Crippen molar-refractivity contribution in [1.82, 2.24) is 9.55 Å². The Balaban J connectivity index is 3.55. The van der Waals surface area contributed by atoms with Crippen molar-refractivity contribution in [3.8, 4) is 0 Å². The molecule has 1 aromatic heterocycles. The molecule has 0 bridgehead atoms. The molecule has 0 atom stereocenters. The van der Waals surface area contributed by atoms with Crippen molar-refractivity contribution in [2.24, 2.45) is 0 Å². The summed E-state index contributed by atoms with van der Waals surface area (Å²) < 4.78 is 13.4. The molecule has 0 saturated carbocycles. The zero-order valence-electron chi connectivity index (χ0n) is 6.80. The lowest BCUT2D eigenvalue weighted by Crippen LogP contribution is -2.37. The van der Waals surface area contributed by atoms with Gasteiger partial charge < -0.3 is 4.98 Å². The van der Waals surface area contributed by atoms with Gasteiger partial charge in [0.15, 0.2) is 0 Å². The smallest absolute Gasteiger partial charge is 0.311 e. The van der Waals surface area contributed by atoms with Gasteiger partial charge in [-0.25, -0.2) is 4.79 Å². The first-order valence-electron chi connectivity index (χ1n) is 3.53. The van der Waals surface area contributed by atoms with E-state index in [1.807, 2.05) is 0 Å². The molecule has 0 aromatic carbocycles. The Morgan fingerprint density at radius 2 is 2.08 bits per heavy atom. The fraction of sp³-hybridized carbons (Fsp3) is 0.429. The molecular formula is C7H9FN2O2. The Hall–Kier alpha value is -1.39. The first kappa shape index (κ1) is 8.70. The monoisotopic (exact) mass is 172 g/mol. The third-order valence-corrected chi connectivity index (χ3v) is 1.48. The molecule has 5 heteroatoms. The van der Waals surface area contributed by atoms with Crippen LogP contribution in [0.25, 0.3) is 0 Å². The summed E-state index contributed by atoms with van der Waals surface area (Å²) in [6.07, 6.45) is 0.767. The van der Waals surface area contributed by atoms with Gasteiger partial charge in [0.2, 0.25) is 5.82 Å². The zero-order valence-corrected chi connectivity index (χ0v) is 6.80. The Morgan fingerprint density at radius 3 is 2.50 bits per heavy atom. The Bertz CT molecular complexity index is 391. The number of H-pyrrole nitrogens is 1. The molecule has 0 fully saturated rings. The molecule has 66 valence electrons. The van der Waals surface area contributed by atoms with Gasteiger partial charge in [0.25, 0.3) is 5.56 Å². The molecule has 1 aromatic rings. The van der Waals surface area contributed by atoms with Crippen LogP contribution < -0.4 is 11.2 Å². The van der Waals surface area contributed by atoms with Gasteiger partial charge in [0, 0.05) is 12.2 Å². The van der Waals surface area contributed by atoms with Crippen LogP contribution in [0, 0.1) is 5.82 Å². The number of aromatic nitrogens is 2. The van der Waals surface area contributed by atoms with Crippen LogP contribution in [-0.4, -0.2) is 9.55 Å². The maximum Gasteiger partial charge on any atom is 0.328 e. The Morgan fingerprint density at radius 1 is 1.50 bits per heavy atom. The first-order valence-corrected chi connectivity index (χ1v) is 3.53. The lowest BCUT2D eigenvalue weighted by molar-refractivity contribution is 0.497. The molecule has 0 aliphatic carbocycles. The molecule has 1 rings (SSSR count). The van der Waals surface area contributed by atoms with Crippen LogP contribution in [0.3, 0.4) is 0 Å². The zero-order chi connectivity index (χ0) is 9.30. The van der Waals surface area contributed by atoms with E-state index in [-0.39, 0.29) is 6.04 Å². The normalized spacial score (nSPS) is 10.7. The number of aromatic amines is 1. The van der Waals surface area contributed by atoms with Crippen molar-refractivity contribution in [3.63, 3.8) is 0 Å². The number of halogens is 1. The number of hydrogen-bond acceptors (Lipinski definition) is 2. The van der Waals surface area contributed by atoms with Gasteiger partial charge in [-0.3, -0.25) is 9.36 Å². The third-order valence-electron chi connectivity index (χ3n) is 1.48. The Labute approximate surface area is 67.7 Å². The molecule has 1 heterocycles. The van der Waals surface area contributed by atoms with Crippen molar-refractivity contribution in [1.29, 1.82) is 0 Å². The summed E-state index contributed by atoms with van der Waals surface area (Å²) in [4.78, 5) is 24.1. The number of nitrogens with zero attached hydrogens (tertiary/aromatic N) is 1. The second-order valence-corrected chi connectivity index (χ2v) is 2.71. The van der Waals surface area contributed by atoms with E-state index in [1.165, 1.54) is 0 Å². The second-order valence-electron chi connectivity index (χ2n) is 2.71. The second kappa shape index (κ2) is 2.92. The summed E-state index contributed by atoms with van der Waals surface area (Å²) in [5, 5.41) is 0. The summed E-state index contributed by atoms with van der Waals surface area (Å²) in [5.74, 6) is -0.941. The molecule has 0 aliphatic rings. The molecular weight excluding hydrogens is 163 g/mol. The van der Waals surface area contributed by atoms with Crippen molar-refractivity contribution in [2.45, 2.75) is 19.9 Å².